The third-order valence-electron chi connectivity index (χ3n) is 16.0. The van der Waals surface area contributed by atoms with Gasteiger partial charge < -0.3 is 24.9 Å². The molecule has 1 aliphatic rings. The Hall–Kier alpha value is -10.7. The molecule has 0 saturated heterocycles. The van der Waals surface area contributed by atoms with Gasteiger partial charge in [-0.3, -0.25) is 29.9 Å². The molecular formula is C67H43F3FeN14+2. The molecule has 408 valence electrons. The Morgan fingerprint density at radius 1 is 0.353 bits per heavy atom. The zero-order chi connectivity index (χ0) is 56.5. The number of fused-ring (bicyclic) bond motifs is 21. The molecule has 85 heavy (non-hydrogen) atoms. The number of aromatic amines is 5. The van der Waals surface area contributed by atoms with Crippen LogP contribution in [-0.2, 0) is 23.5 Å². The fourth-order valence-corrected chi connectivity index (χ4v) is 12.5. The van der Waals surface area contributed by atoms with Crippen molar-refractivity contribution in [2.75, 3.05) is 0 Å². The largest absolute Gasteiger partial charge is 2.00 e. The molecule has 0 bridgehead atoms. The van der Waals surface area contributed by atoms with E-state index in [0.29, 0.717) is 11.6 Å². The van der Waals surface area contributed by atoms with Gasteiger partial charge in [0.2, 0.25) is 0 Å². The third-order valence-corrected chi connectivity index (χ3v) is 16.0. The van der Waals surface area contributed by atoms with Crippen molar-refractivity contribution >= 4 is 126 Å². The van der Waals surface area contributed by atoms with Gasteiger partial charge in [0, 0.05) is 119 Å². The average Bonchev–Trinajstić information content (AvgIpc) is 2.05. The second kappa shape index (κ2) is 19.8. The normalized spacial score (nSPS) is 12.4. The molecule has 0 radical (unpaired) electrons. The van der Waals surface area contributed by atoms with E-state index in [-0.39, 0.29) is 34.5 Å². The number of pyridine rings is 6. The Morgan fingerprint density at radius 3 is 1.11 bits per heavy atom. The van der Waals surface area contributed by atoms with E-state index in [1.165, 1.54) is 23.8 Å². The van der Waals surface area contributed by atoms with Crippen LogP contribution in [0.2, 0.25) is 0 Å². The zero-order valence-corrected chi connectivity index (χ0v) is 46.4. The number of aryl methyl sites for hydroxylation is 2. The number of imidazole rings is 3. The molecule has 0 atom stereocenters. The average molecular weight is 1160 g/mol. The number of nitrogens with one attached hydrogen (secondary N) is 5. The van der Waals surface area contributed by atoms with Crippen molar-refractivity contribution < 1.29 is 30.2 Å². The van der Waals surface area contributed by atoms with Gasteiger partial charge in [-0.2, -0.15) is 0 Å². The standard InChI is InChI=1S/C23H15FN4.2C22H14FN5.Fe/c1-12-10-13-6-7-14(24)11-17(13)18(12)23-27-21-15-4-2-8-25-19(15)20-16(22(21)28-23)5-3-9-26-20;2*1-11-17(15-10-12(23)6-7-16(15)26-11)22-27-20-13-4-2-8-24-18(13)19-14(21(20)28-22)5-3-9-25-19;/h2-9,11H,10H2,1H3,(H,27,28);2*2-10,26H,1H3,(H,27,28);/q;;;+2. The molecule has 14 nitrogen and oxygen atoms in total. The first-order chi connectivity index (χ1) is 41.1. The van der Waals surface area contributed by atoms with Gasteiger partial charge in [0.1, 0.15) is 34.9 Å². The Morgan fingerprint density at radius 2 is 0.694 bits per heavy atom. The summed E-state index contributed by atoms with van der Waals surface area (Å²) >= 11 is 0. The molecule has 18 rings (SSSR count). The van der Waals surface area contributed by atoms with E-state index in [1.54, 1.807) is 67.5 Å². The van der Waals surface area contributed by atoms with E-state index >= 15 is 0 Å². The number of aromatic nitrogens is 14. The summed E-state index contributed by atoms with van der Waals surface area (Å²) in [5.74, 6) is 1.39. The molecule has 1 aliphatic carbocycles. The number of hydrogen-bond acceptors (Lipinski definition) is 9. The Labute approximate surface area is 489 Å². The SMILES string of the molecule is CC1=C(c2nc3c4cccnc4c4ncccc4c3[nH]2)c2cc(F)ccc2C1.Cc1[nH]c2ccc(F)cc2c1-c1nc2c3cccnc3c3ncccc3c2[nH]1.Cc1[nH]c2ccc(F)cc2c1-c1nc2c3cccnc3c3ncccc3c2[nH]1.[Fe+2]. The van der Waals surface area contributed by atoms with Crippen molar-refractivity contribution in [3.8, 4) is 22.8 Å². The van der Waals surface area contributed by atoms with Crippen molar-refractivity contribution in [3.05, 3.63) is 216 Å². The van der Waals surface area contributed by atoms with Gasteiger partial charge in [-0.05, 0) is 160 Å². The van der Waals surface area contributed by atoms with E-state index in [0.717, 1.165) is 172 Å². The van der Waals surface area contributed by atoms with Crippen LogP contribution in [0.15, 0.2) is 170 Å². The monoisotopic (exact) mass is 1160 g/mol. The Balaban J connectivity index is 0.000000107. The summed E-state index contributed by atoms with van der Waals surface area (Å²) in [5, 5.41) is 7.37. The van der Waals surface area contributed by atoms with E-state index in [2.05, 4.69) is 61.7 Å². The molecule has 6 aromatic carbocycles. The first-order valence-electron chi connectivity index (χ1n) is 27.2. The summed E-state index contributed by atoms with van der Waals surface area (Å²) in [6.07, 6.45) is 11.4. The third kappa shape index (κ3) is 8.12. The van der Waals surface area contributed by atoms with Crippen LogP contribution in [-0.4, -0.2) is 69.8 Å². The van der Waals surface area contributed by atoms with Crippen LogP contribution in [0.25, 0.3) is 149 Å². The number of H-pyrrole nitrogens is 5. The van der Waals surface area contributed by atoms with E-state index in [9.17, 15) is 13.2 Å². The van der Waals surface area contributed by atoms with Crippen molar-refractivity contribution in [2.45, 2.75) is 27.2 Å². The first kappa shape index (κ1) is 51.2. The number of nitrogens with zero attached hydrogens (tertiary/aromatic N) is 9. The molecule has 11 aromatic heterocycles. The van der Waals surface area contributed by atoms with Crippen molar-refractivity contribution in [2.24, 2.45) is 0 Å². The fraction of sp³-hybridized carbons (Fsp3) is 0.0597. The summed E-state index contributed by atoms with van der Waals surface area (Å²) in [6, 6.07) is 38.0. The summed E-state index contributed by atoms with van der Waals surface area (Å²) in [4.78, 5) is 59.1. The van der Waals surface area contributed by atoms with Crippen LogP contribution in [0.5, 0.6) is 0 Å². The van der Waals surface area contributed by atoms with Gasteiger partial charge >= 0.3 is 17.1 Å². The van der Waals surface area contributed by atoms with Gasteiger partial charge in [0.25, 0.3) is 0 Å². The summed E-state index contributed by atoms with van der Waals surface area (Å²) in [6.45, 7) is 6.03. The van der Waals surface area contributed by atoms with Gasteiger partial charge in [-0.25, -0.2) is 28.1 Å². The molecule has 17 aromatic rings. The van der Waals surface area contributed by atoms with Gasteiger partial charge in [-0.1, -0.05) is 11.6 Å². The Bertz CT molecular complexity index is 5210. The summed E-state index contributed by atoms with van der Waals surface area (Å²) < 4.78 is 41.7. The second-order valence-electron chi connectivity index (χ2n) is 21.1. The summed E-state index contributed by atoms with van der Waals surface area (Å²) in [7, 11) is 0. The smallest absolute Gasteiger partial charge is 0.358 e. The maximum Gasteiger partial charge on any atom is 2.00 e. The minimum Gasteiger partial charge on any atom is -0.358 e. The molecule has 0 saturated carbocycles. The molecule has 11 heterocycles. The van der Waals surface area contributed by atoms with Crippen molar-refractivity contribution in [3.63, 3.8) is 0 Å². The van der Waals surface area contributed by atoms with Crippen LogP contribution in [0.4, 0.5) is 13.2 Å². The van der Waals surface area contributed by atoms with Crippen LogP contribution in [0, 0.1) is 31.3 Å². The molecule has 0 fully saturated rings. The number of rotatable bonds is 3. The number of benzene rings is 6. The molecule has 0 amide bonds. The quantitative estimate of drug-likeness (QED) is 0.0845. The predicted octanol–water partition coefficient (Wildman–Crippen LogP) is 15.7. The molecule has 0 unspecified atom stereocenters. The van der Waals surface area contributed by atoms with Gasteiger partial charge in [0.15, 0.2) is 0 Å². The number of allylic oxidation sites excluding steroid dienone is 1. The predicted molar refractivity (Wildman–Crippen MR) is 326 cm³/mol. The van der Waals surface area contributed by atoms with E-state index in [4.69, 9.17) is 15.0 Å². The number of hydrogen-bond donors (Lipinski definition) is 5. The molecule has 0 aliphatic heterocycles. The maximum absolute atomic E-state index is 13.9. The maximum atomic E-state index is 13.9. The van der Waals surface area contributed by atoms with Crippen LogP contribution < -0.4 is 0 Å². The minimum absolute atomic E-state index is 0. The summed E-state index contributed by atoms with van der Waals surface area (Å²) in [5.41, 5.74) is 19.9. The van der Waals surface area contributed by atoms with Crippen molar-refractivity contribution in [1.82, 2.24) is 69.8 Å². The van der Waals surface area contributed by atoms with Gasteiger partial charge in [0.05, 0.1) is 66.2 Å². The van der Waals surface area contributed by atoms with E-state index in [1.807, 2.05) is 92.7 Å². The van der Waals surface area contributed by atoms with Crippen LogP contribution in [0.3, 0.4) is 0 Å². The topological polar surface area (TPSA) is 195 Å². The number of halogens is 3. The van der Waals surface area contributed by atoms with Gasteiger partial charge in [-0.15, -0.1) is 0 Å². The van der Waals surface area contributed by atoms with Crippen LogP contribution >= 0.6 is 0 Å². The zero-order valence-electron chi connectivity index (χ0n) is 45.3. The molecule has 18 heteroatoms. The van der Waals surface area contributed by atoms with Crippen molar-refractivity contribution in [1.29, 1.82) is 0 Å². The molecule has 0 spiro atoms. The van der Waals surface area contributed by atoms with Crippen LogP contribution in [0.1, 0.15) is 35.3 Å². The van der Waals surface area contributed by atoms with E-state index < -0.39 is 0 Å². The fourth-order valence-electron chi connectivity index (χ4n) is 12.5. The molecular weight excluding hydrogens is 1110 g/mol. The molecule has 5 N–H and O–H groups in total. The Kier molecular flexibility index (Phi) is 11.9. The first-order valence-corrected chi connectivity index (χ1v) is 27.2. The second-order valence-corrected chi connectivity index (χ2v) is 21.1. The minimum atomic E-state index is -0.270.